The Bertz CT molecular complexity index is 322. The van der Waals surface area contributed by atoms with Crippen LogP contribution in [0.15, 0.2) is 24.3 Å². The average molecular weight is 225 g/mol. The lowest BCUT2D eigenvalue weighted by molar-refractivity contribution is 0.00258. The van der Waals surface area contributed by atoms with Gasteiger partial charge in [-0.25, -0.2) is 4.39 Å². The second-order valence-electron chi connectivity index (χ2n) is 3.90. The summed E-state index contributed by atoms with van der Waals surface area (Å²) >= 11 is 0. The maximum Gasteiger partial charge on any atom is 0.123 e. The van der Waals surface area contributed by atoms with Gasteiger partial charge in [0.25, 0.3) is 0 Å². The Kier molecular flexibility index (Phi) is 3.88. The van der Waals surface area contributed by atoms with E-state index in [0.717, 1.165) is 18.7 Å². The molecule has 0 aromatic heterocycles. The van der Waals surface area contributed by atoms with E-state index in [1.165, 1.54) is 12.1 Å². The molecule has 3 nitrogen and oxygen atoms in total. The fourth-order valence-electron chi connectivity index (χ4n) is 2.01. The molecule has 0 saturated carbocycles. The molecular weight excluding hydrogens is 209 g/mol. The molecule has 0 aliphatic carbocycles. The van der Waals surface area contributed by atoms with E-state index < -0.39 is 0 Å². The summed E-state index contributed by atoms with van der Waals surface area (Å²) < 4.78 is 18.1. The largest absolute Gasteiger partial charge is 0.394 e. The van der Waals surface area contributed by atoms with E-state index in [0.29, 0.717) is 13.2 Å². The predicted octanol–water partition coefficient (Wildman–Crippen LogP) is 1.19. The van der Waals surface area contributed by atoms with Gasteiger partial charge in [-0.15, -0.1) is 0 Å². The average Bonchev–Trinajstić information content (AvgIpc) is 2.34. The molecule has 1 saturated heterocycles. The number of hydrogen-bond acceptors (Lipinski definition) is 3. The van der Waals surface area contributed by atoms with Crippen LogP contribution >= 0.6 is 0 Å². The van der Waals surface area contributed by atoms with Crippen LogP contribution in [0, 0.1) is 5.82 Å². The summed E-state index contributed by atoms with van der Waals surface area (Å²) in [6.07, 6.45) is 0. The summed E-state index contributed by atoms with van der Waals surface area (Å²) in [7, 11) is 0. The van der Waals surface area contributed by atoms with Gasteiger partial charge in [0.2, 0.25) is 0 Å². The van der Waals surface area contributed by atoms with Gasteiger partial charge >= 0.3 is 0 Å². The highest BCUT2D eigenvalue weighted by Crippen LogP contribution is 2.21. The zero-order valence-electron chi connectivity index (χ0n) is 9.10. The molecule has 1 aliphatic rings. The Morgan fingerprint density at radius 2 is 1.88 bits per heavy atom. The molecule has 1 aliphatic heterocycles. The van der Waals surface area contributed by atoms with Gasteiger partial charge in [-0.1, -0.05) is 12.1 Å². The van der Waals surface area contributed by atoms with Gasteiger partial charge < -0.3 is 9.84 Å². The Hall–Kier alpha value is -0.970. The molecule has 1 aromatic carbocycles. The van der Waals surface area contributed by atoms with Gasteiger partial charge in [0, 0.05) is 13.1 Å². The van der Waals surface area contributed by atoms with E-state index in [2.05, 4.69) is 4.90 Å². The van der Waals surface area contributed by atoms with Crippen molar-refractivity contribution in [3.05, 3.63) is 35.6 Å². The number of nitrogens with zero attached hydrogens (tertiary/aromatic N) is 1. The van der Waals surface area contributed by atoms with Crippen molar-refractivity contribution in [1.82, 2.24) is 4.90 Å². The van der Waals surface area contributed by atoms with Crippen molar-refractivity contribution in [3.8, 4) is 0 Å². The van der Waals surface area contributed by atoms with Crippen molar-refractivity contribution in [2.45, 2.75) is 6.04 Å². The quantitative estimate of drug-likeness (QED) is 0.838. The first-order valence-corrected chi connectivity index (χ1v) is 5.49. The number of aliphatic hydroxyl groups is 1. The van der Waals surface area contributed by atoms with Crippen molar-refractivity contribution in [3.63, 3.8) is 0 Å². The van der Waals surface area contributed by atoms with Crippen LogP contribution in [0.4, 0.5) is 4.39 Å². The fraction of sp³-hybridized carbons (Fsp3) is 0.500. The molecule has 1 heterocycles. The first-order chi connectivity index (χ1) is 7.81. The third kappa shape index (κ3) is 2.58. The Morgan fingerprint density at radius 1 is 1.25 bits per heavy atom. The van der Waals surface area contributed by atoms with E-state index in [-0.39, 0.29) is 18.5 Å². The van der Waals surface area contributed by atoms with Crippen molar-refractivity contribution in [1.29, 1.82) is 0 Å². The first-order valence-electron chi connectivity index (χ1n) is 5.49. The maximum absolute atomic E-state index is 12.8. The molecule has 0 radical (unpaired) electrons. The normalized spacial score (nSPS) is 19.6. The number of rotatable bonds is 3. The number of hydrogen-bond donors (Lipinski definition) is 1. The van der Waals surface area contributed by atoms with Gasteiger partial charge in [-0.2, -0.15) is 0 Å². The Morgan fingerprint density at radius 3 is 2.44 bits per heavy atom. The lowest BCUT2D eigenvalue weighted by Crippen LogP contribution is -2.40. The summed E-state index contributed by atoms with van der Waals surface area (Å²) in [6.45, 7) is 3.05. The highest BCUT2D eigenvalue weighted by molar-refractivity contribution is 5.20. The minimum absolute atomic E-state index is 0.0473. The van der Waals surface area contributed by atoms with Gasteiger partial charge in [0.1, 0.15) is 5.82 Å². The minimum atomic E-state index is -0.248. The minimum Gasteiger partial charge on any atom is -0.394 e. The summed E-state index contributed by atoms with van der Waals surface area (Å²) in [5.74, 6) is -0.248. The SMILES string of the molecule is OC[C@H](c1ccc(F)cc1)N1CCOCC1. The highest BCUT2D eigenvalue weighted by atomic mass is 19.1. The third-order valence-electron chi connectivity index (χ3n) is 2.91. The molecule has 0 bridgehead atoms. The zero-order valence-corrected chi connectivity index (χ0v) is 9.10. The molecule has 88 valence electrons. The van der Waals surface area contributed by atoms with Crippen LogP contribution in [-0.4, -0.2) is 42.9 Å². The van der Waals surface area contributed by atoms with Crippen LogP contribution in [0.3, 0.4) is 0 Å². The number of aliphatic hydroxyl groups excluding tert-OH is 1. The van der Waals surface area contributed by atoms with Crippen LogP contribution in [-0.2, 0) is 4.74 Å². The summed E-state index contributed by atoms with van der Waals surface area (Å²) in [5, 5.41) is 9.42. The molecule has 1 N–H and O–H groups in total. The monoisotopic (exact) mass is 225 g/mol. The van der Waals surface area contributed by atoms with Gasteiger partial charge in [-0.05, 0) is 17.7 Å². The van der Waals surface area contributed by atoms with Crippen molar-refractivity contribution in [2.75, 3.05) is 32.9 Å². The lowest BCUT2D eigenvalue weighted by atomic mass is 10.1. The van der Waals surface area contributed by atoms with Gasteiger partial charge in [0.05, 0.1) is 25.9 Å². The first kappa shape index (κ1) is 11.5. The van der Waals surface area contributed by atoms with Gasteiger partial charge in [-0.3, -0.25) is 4.90 Å². The van der Waals surface area contributed by atoms with E-state index in [4.69, 9.17) is 4.74 Å². The predicted molar refractivity (Wildman–Crippen MR) is 58.6 cm³/mol. The molecule has 1 fully saturated rings. The number of morpholine rings is 1. The molecule has 1 atom stereocenters. The summed E-state index contributed by atoms with van der Waals surface area (Å²) in [6, 6.07) is 6.26. The molecule has 4 heteroatoms. The summed E-state index contributed by atoms with van der Waals surface area (Å²) in [4.78, 5) is 2.16. The lowest BCUT2D eigenvalue weighted by Gasteiger charge is -2.33. The molecule has 0 unspecified atom stereocenters. The van der Waals surface area contributed by atoms with E-state index in [1.807, 2.05) is 0 Å². The number of benzene rings is 1. The van der Waals surface area contributed by atoms with Crippen LogP contribution < -0.4 is 0 Å². The van der Waals surface area contributed by atoms with E-state index in [1.54, 1.807) is 12.1 Å². The van der Waals surface area contributed by atoms with Crippen molar-refractivity contribution in [2.24, 2.45) is 0 Å². The van der Waals surface area contributed by atoms with E-state index >= 15 is 0 Å². The molecular formula is C12H16FNO2. The van der Waals surface area contributed by atoms with Crippen LogP contribution in [0.2, 0.25) is 0 Å². The smallest absolute Gasteiger partial charge is 0.123 e. The second-order valence-corrected chi connectivity index (χ2v) is 3.90. The standard InChI is InChI=1S/C12H16FNO2/c13-11-3-1-10(2-4-11)12(9-15)14-5-7-16-8-6-14/h1-4,12,15H,5-9H2/t12-/m1/s1. The number of halogens is 1. The van der Waals surface area contributed by atoms with Crippen LogP contribution in [0.1, 0.15) is 11.6 Å². The molecule has 16 heavy (non-hydrogen) atoms. The van der Waals surface area contributed by atoms with Gasteiger partial charge in [0.15, 0.2) is 0 Å². The highest BCUT2D eigenvalue weighted by Gasteiger charge is 2.21. The second kappa shape index (κ2) is 5.39. The van der Waals surface area contributed by atoms with Crippen molar-refractivity contribution >= 4 is 0 Å². The topological polar surface area (TPSA) is 32.7 Å². The van der Waals surface area contributed by atoms with E-state index in [9.17, 15) is 9.50 Å². The zero-order chi connectivity index (χ0) is 11.4. The van der Waals surface area contributed by atoms with Crippen LogP contribution in [0.5, 0.6) is 0 Å². The third-order valence-corrected chi connectivity index (χ3v) is 2.91. The molecule has 1 aromatic rings. The molecule has 0 amide bonds. The van der Waals surface area contributed by atoms with Crippen LogP contribution in [0.25, 0.3) is 0 Å². The number of ether oxygens (including phenoxy) is 1. The molecule has 2 rings (SSSR count). The Balaban J connectivity index is 2.11. The maximum atomic E-state index is 12.8. The molecule has 0 spiro atoms. The fourth-order valence-corrected chi connectivity index (χ4v) is 2.01. The Labute approximate surface area is 94.4 Å². The summed E-state index contributed by atoms with van der Waals surface area (Å²) in [5.41, 5.74) is 0.950. The van der Waals surface area contributed by atoms with Crippen molar-refractivity contribution < 1.29 is 14.2 Å².